The van der Waals surface area contributed by atoms with E-state index in [4.69, 9.17) is 16.4 Å². The molecule has 2 fully saturated rings. The summed E-state index contributed by atoms with van der Waals surface area (Å²) in [6.07, 6.45) is -0.0629. The van der Waals surface area contributed by atoms with Crippen LogP contribution in [0.15, 0.2) is 48.5 Å². The van der Waals surface area contributed by atoms with Crippen molar-refractivity contribution in [2.24, 2.45) is 11.8 Å². The maximum atomic E-state index is 13.4. The second kappa shape index (κ2) is 7.22. The molecule has 146 valence electrons. The third-order valence-electron chi connectivity index (χ3n) is 5.44. The molecular weight excluding hydrogens is 376 g/mol. The second-order valence-electron chi connectivity index (χ2n) is 7.81. The third-order valence-corrected chi connectivity index (χ3v) is 5.85. The Hall–Kier alpha value is -2.37. The molecule has 0 aliphatic carbocycles. The minimum Gasteiger partial charge on any atom is -0.273 e. The molecule has 2 heterocycles. The van der Waals surface area contributed by atoms with Crippen LogP contribution in [-0.2, 0) is 14.4 Å². The van der Waals surface area contributed by atoms with Crippen LogP contribution < -0.4 is 9.96 Å². The molecule has 5 nitrogen and oxygen atoms in total. The van der Waals surface area contributed by atoms with E-state index in [1.165, 1.54) is 4.90 Å². The molecule has 4 rings (SSSR count). The first-order valence-corrected chi connectivity index (χ1v) is 9.92. The normalized spacial score (nSPS) is 24.4. The summed E-state index contributed by atoms with van der Waals surface area (Å²) in [5.41, 5.74) is 2.11. The van der Waals surface area contributed by atoms with Gasteiger partial charge in [0.15, 0.2) is 6.10 Å². The van der Waals surface area contributed by atoms with E-state index in [-0.39, 0.29) is 17.9 Å². The lowest BCUT2D eigenvalue weighted by Gasteiger charge is -2.29. The number of rotatable bonds is 4. The standard InChI is InChI=1S/C22H23ClN2O3/c1-13(2)12-18-19-20(28-25(18)15-8-5-4-6-9-15)22(27)24(21(19)26)17-11-7-10-16(23)14(17)3/h4-11,13,18-20H,12H2,1-3H3/t18-,19+,20-/m0/s1. The molecule has 2 aliphatic rings. The van der Waals surface area contributed by atoms with Gasteiger partial charge in [-0.15, -0.1) is 0 Å². The van der Waals surface area contributed by atoms with Crippen LogP contribution >= 0.6 is 11.6 Å². The zero-order valence-electron chi connectivity index (χ0n) is 16.1. The van der Waals surface area contributed by atoms with Gasteiger partial charge in [-0.3, -0.25) is 14.4 Å². The average molecular weight is 399 g/mol. The van der Waals surface area contributed by atoms with Crippen LogP contribution in [0.3, 0.4) is 0 Å². The summed E-state index contributed by atoms with van der Waals surface area (Å²) < 4.78 is 0. The van der Waals surface area contributed by atoms with Crippen LogP contribution in [0.2, 0.25) is 5.02 Å². The minimum absolute atomic E-state index is 0.201. The van der Waals surface area contributed by atoms with Crippen molar-refractivity contribution in [1.29, 1.82) is 0 Å². The first kappa shape index (κ1) is 19.0. The molecule has 0 spiro atoms. The molecule has 0 aromatic heterocycles. The van der Waals surface area contributed by atoms with Gasteiger partial charge in [-0.2, -0.15) is 0 Å². The van der Waals surface area contributed by atoms with Crippen LogP contribution in [0.4, 0.5) is 11.4 Å². The van der Waals surface area contributed by atoms with Crippen molar-refractivity contribution in [3.8, 4) is 0 Å². The lowest BCUT2D eigenvalue weighted by Crippen LogP contribution is -2.41. The fourth-order valence-corrected chi connectivity index (χ4v) is 4.29. The van der Waals surface area contributed by atoms with Gasteiger partial charge in [-0.05, 0) is 49.1 Å². The van der Waals surface area contributed by atoms with E-state index >= 15 is 0 Å². The Morgan fingerprint density at radius 3 is 2.43 bits per heavy atom. The van der Waals surface area contributed by atoms with Gasteiger partial charge in [0.2, 0.25) is 5.91 Å². The number of carbonyl (C=O) groups excluding carboxylic acids is 2. The number of carbonyl (C=O) groups is 2. The maximum Gasteiger partial charge on any atom is 0.266 e. The van der Waals surface area contributed by atoms with E-state index in [2.05, 4.69) is 13.8 Å². The smallest absolute Gasteiger partial charge is 0.266 e. The molecule has 0 bridgehead atoms. The number of amides is 2. The van der Waals surface area contributed by atoms with Crippen molar-refractivity contribution in [3.05, 3.63) is 59.1 Å². The van der Waals surface area contributed by atoms with E-state index in [0.29, 0.717) is 22.2 Å². The average Bonchev–Trinajstić information content (AvgIpc) is 3.15. The number of fused-ring (bicyclic) bond motifs is 1. The molecule has 28 heavy (non-hydrogen) atoms. The van der Waals surface area contributed by atoms with Gasteiger partial charge in [-0.25, -0.2) is 9.96 Å². The lowest BCUT2D eigenvalue weighted by molar-refractivity contribution is -0.126. The van der Waals surface area contributed by atoms with Crippen molar-refractivity contribution in [2.45, 2.75) is 39.3 Å². The predicted molar refractivity (Wildman–Crippen MR) is 109 cm³/mol. The molecule has 6 heteroatoms. The fourth-order valence-electron chi connectivity index (χ4n) is 4.12. The van der Waals surface area contributed by atoms with Gasteiger partial charge in [0.05, 0.1) is 23.3 Å². The molecule has 2 aromatic rings. The molecule has 3 atom stereocenters. The number of halogens is 1. The Labute approximate surface area is 169 Å². The van der Waals surface area contributed by atoms with Crippen LogP contribution in [0.25, 0.3) is 0 Å². The van der Waals surface area contributed by atoms with Gasteiger partial charge < -0.3 is 0 Å². The van der Waals surface area contributed by atoms with Crippen molar-refractivity contribution < 1.29 is 14.4 Å². The lowest BCUT2D eigenvalue weighted by atomic mass is 9.90. The number of para-hydroxylation sites is 1. The van der Waals surface area contributed by atoms with Crippen molar-refractivity contribution in [3.63, 3.8) is 0 Å². The van der Waals surface area contributed by atoms with Gasteiger partial charge >= 0.3 is 0 Å². The number of benzene rings is 2. The van der Waals surface area contributed by atoms with Gasteiger partial charge in [-0.1, -0.05) is 49.7 Å². The highest BCUT2D eigenvalue weighted by Gasteiger charge is 2.59. The van der Waals surface area contributed by atoms with E-state index in [1.807, 2.05) is 37.3 Å². The zero-order chi connectivity index (χ0) is 20.0. The minimum atomic E-state index is -0.810. The Balaban J connectivity index is 1.72. The molecule has 2 aromatic carbocycles. The number of imide groups is 1. The second-order valence-corrected chi connectivity index (χ2v) is 8.21. The van der Waals surface area contributed by atoms with E-state index in [0.717, 1.165) is 12.1 Å². The monoisotopic (exact) mass is 398 g/mol. The van der Waals surface area contributed by atoms with Crippen molar-refractivity contribution in [1.82, 2.24) is 0 Å². The molecule has 2 amide bonds. The first-order valence-electron chi connectivity index (χ1n) is 9.54. The van der Waals surface area contributed by atoms with Gasteiger partial charge in [0.1, 0.15) is 0 Å². The summed E-state index contributed by atoms with van der Waals surface area (Å²) in [5.74, 6) is -0.728. The largest absolute Gasteiger partial charge is 0.273 e. The van der Waals surface area contributed by atoms with Crippen LogP contribution in [0.5, 0.6) is 0 Å². The van der Waals surface area contributed by atoms with Crippen LogP contribution in [-0.4, -0.2) is 24.0 Å². The third kappa shape index (κ3) is 2.99. The number of anilines is 2. The zero-order valence-corrected chi connectivity index (χ0v) is 16.9. The fraction of sp³-hybridized carbons (Fsp3) is 0.364. The number of hydrogen-bond donors (Lipinski definition) is 0. The highest BCUT2D eigenvalue weighted by Crippen LogP contribution is 2.43. The summed E-state index contributed by atoms with van der Waals surface area (Å²) in [7, 11) is 0. The molecule has 0 radical (unpaired) electrons. The molecule has 0 saturated carbocycles. The van der Waals surface area contributed by atoms with E-state index in [9.17, 15) is 9.59 Å². The molecule has 2 saturated heterocycles. The Morgan fingerprint density at radius 1 is 1.04 bits per heavy atom. The highest BCUT2D eigenvalue weighted by molar-refractivity contribution is 6.32. The van der Waals surface area contributed by atoms with E-state index < -0.39 is 12.0 Å². The van der Waals surface area contributed by atoms with Crippen molar-refractivity contribution >= 4 is 34.8 Å². The van der Waals surface area contributed by atoms with Gasteiger partial charge in [0, 0.05) is 5.02 Å². The van der Waals surface area contributed by atoms with E-state index in [1.54, 1.807) is 23.3 Å². The summed E-state index contributed by atoms with van der Waals surface area (Å²) in [6.45, 7) is 6.03. The quantitative estimate of drug-likeness (QED) is 0.717. The SMILES string of the molecule is Cc1c(Cl)cccc1N1C(=O)[C@H]2[C@H](ON(c3ccccc3)[C@H]2CC(C)C)C1=O. The predicted octanol–water partition coefficient (Wildman–Crippen LogP) is 4.37. The number of hydroxylamine groups is 1. The van der Waals surface area contributed by atoms with Crippen LogP contribution in [0.1, 0.15) is 25.8 Å². The Kier molecular flexibility index (Phi) is 4.89. The van der Waals surface area contributed by atoms with Crippen molar-refractivity contribution in [2.75, 3.05) is 9.96 Å². The number of hydrogen-bond acceptors (Lipinski definition) is 4. The molecule has 0 unspecified atom stereocenters. The summed E-state index contributed by atoms with van der Waals surface area (Å²) in [4.78, 5) is 33.9. The Morgan fingerprint density at radius 2 is 1.75 bits per heavy atom. The molecule has 0 N–H and O–H groups in total. The first-order chi connectivity index (χ1) is 13.4. The maximum absolute atomic E-state index is 13.4. The molecular formula is C22H23ClN2O3. The van der Waals surface area contributed by atoms with Gasteiger partial charge in [0.25, 0.3) is 5.91 Å². The summed E-state index contributed by atoms with van der Waals surface area (Å²) >= 11 is 6.22. The topological polar surface area (TPSA) is 49.9 Å². The number of nitrogens with zero attached hydrogens (tertiary/aromatic N) is 2. The Bertz CT molecular complexity index is 915. The highest BCUT2D eigenvalue weighted by atomic mass is 35.5. The summed E-state index contributed by atoms with van der Waals surface area (Å²) in [6, 6.07) is 14.7. The summed E-state index contributed by atoms with van der Waals surface area (Å²) in [5, 5.41) is 2.29. The van der Waals surface area contributed by atoms with Crippen LogP contribution in [0, 0.1) is 18.8 Å². The molecule has 2 aliphatic heterocycles.